The van der Waals surface area contributed by atoms with Crippen molar-refractivity contribution in [3.63, 3.8) is 0 Å². The van der Waals surface area contributed by atoms with Crippen molar-refractivity contribution in [2.24, 2.45) is 4.99 Å². The zero-order chi connectivity index (χ0) is 20.3. The Labute approximate surface area is 158 Å². The van der Waals surface area contributed by atoms with Gasteiger partial charge in [-0.15, -0.1) is 0 Å². The molecule has 0 saturated carbocycles. The first-order valence-electron chi connectivity index (χ1n) is 8.70. The highest BCUT2D eigenvalue weighted by Crippen LogP contribution is 2.14. The highest BCUT2D eigenvalue weighted by molar-refractivity contribution is 5.79. The highest BCUT2D eigenvalue weighted by Gasteiger charge is 2.15. The minimum absolute atomic E-state index is 0.256. The third kappa shape index (κ3) is 10.2. The van der Waals surface area contributed by atoms with Crippen molar-refractivity contribution in [2.75, 3.05) is 33.3 Å². The highest BCUT2D eigenvalue weighted by atomic mass is 19.2. The quantitative estimate of drug-likeness (QED) is 0.363. The summed E-state index contributed by atoms with van der Waals surface area (Å²) in [6.45, 7) is 7.17. The first kappa shape index (κ1) is 22.5. The van der Waals surface area contributed by atoms with Crippen molar-refractivity contribution in [3.05, 3.63) is 29.8 Å². The van der Waals surface area contributed by atoms with Crippen molar-refractivity contribution in [1.82, 2.24) is 16.0 Å². The number of carbonyl (C=O) groups excluding carboxylic acids is 1. The van der Waals surface area contributed by atoms with Crippen LogP contribution >= 0.6 is 0 Å². The minimum atomic E-state index is -0.946. The summed E-state index contributed by atoms with van der Waals surface area (Å²) < 4.78 is 36.4. The molecule has 1 rings (SSSR count). The first-order chi connectivity index (χ1) is 12.7. The Morgan fingerprint density at radius 3 is 2.37 bits per heavy atom. The van der Waals surface area contributed by atoms with E-state index in [9.17, 15) is 13.6 Å². The summed E-state index contributed by atoms with van der Waals surface area (Å²) in [5.74, 6) is -1.03. The lowest BCUT2D eigenvalue weighted by Crippen LogP contribution is -2.40. The number of nitrogens with one attached hydrogen (secondary N) is 3. The van der Waals surface area contributed by atoms with Crippen LogP contribution in [0.5, 0.6) is 5.75 Å². The van der Waals surface area contributed by atoms with E-state index < -0.39 is 23.3 Å². The summed E-state index contributed by atoms with van der Waals surface area (Å²) in [5, 5.41) is 8.79. The Morgan fingerprint density at radius 1 is 1.07 bits per heavy atom. The summed E-state index contributed by atoms with van der Waals surface area (Å²) in [6.07, 6.45) is 0.241. The Kier molecular flexibility index (Phi) is 9.32. The Morgan fingerprint density at radius 2 is 1.74 bits per heavy atom. The molecule has 7 nitrogen and oxygen atoms in total. The molecule has 0 aliphatic heterocycles. The average Bonchev–Trinajstić information content (AvgIpc) is 2.58. The van der Waals surface area contributed by atoms with E-state index in [-0.39, 0.29) is 12.4 Å². The Bertz CT molecular complexity index is 634. The molecule has 0 aliphatic carbocycles. The molecule has 152 valence electrons. The molecule has 0 aliphatic rings. The van der Waals surface area contributed by atoms with Crippen LogP contribution in [0.3, 0.4) is 0 Å². The van der Waals surface area contributed by atoms with Gasteiger partial charge in [-0.25, -0.2) is 13.6 Å². The first-order valence-corrected chi connectivity index (χ1v) is 8.70. The smallest absolute Gasteiger partial charge is 0.407 e. The molecule has 9 heteroatoms. The zero-order valence-corrected chi connectivity index (χ0v) is 16.2. The van der Waals surface area contributed by atoms with Gasteiger partial charge in [-0.2, -0.15) is 0 Å². The molecular formula is C18H28F2N4O3. The van der Waals surface area contributed by atoms with Gasteiger partial charge in [-0.05, 0) is 39.3 Å². The second-order valence-electron chi connectivity index (χ2n) is 6.63. The number of alkyl carbamates (subject to hydrolysis) is 1. The van der Waals surface area contributed by atoms with Crippen LogP contribution in [0, 0.1) is 11.6 Å². The lowest BCUT2D eigenvalue weighted by Gasteiger charge is -2.19. The number of carbonyl (C=O) groups is 1. The minimum Gasteiger partial charge on any atom is -0.492 e. The van der Waals surface area contributed by atoms with Gasteiger partial charge in [0.2, 0.25) is 0 Å². The molecule has 27 heavy (non-hydrogen) atoms. The molecule has 1 amide bonds. The SMILES string of the molecule is CN=C(NCCCNC(=O)OC(C)(C)C)NCCOc1ccc(F)c(F)c1. The molecule has 3 N–H and O–H groups in total. The van der Waals surface area contributed by atoms with Gasteiger partial charge in [-0.1, -0.05) is 0 Å². The lowest BCUT2D eigenvalue weighted by molar-refractivity contribution is 0.0527. The summed E-state index contributed by atoms with van der Waals surface area (Å²) in [6, 6.07) is 3.38. The van der Waals surface area contributed by atoms with Crippen LogP contribution in [0.25, 0.3) is 0 Å². The number of aliphatic imine (C=N–C) groups is 1. The number of hydrogen-bond donors (Lipinski definition) is 3. The van der Waals surface area contributed by atoms with Crippen LogP contribution in [0.4, 0.5) is 13.6 Å². The summed E-state index contributed by atoms with van der Waals surface area (Å²) >= 11 is 0. The van der Waals surface area contributed by atoms with Gasteiger partial charge in [-0.3, -0.25) is 4.99 Å². The fourth-order valence-corrected chi connectivity index (χ4v) is 1.93. The summed E-state index contributed by atoms with van der Waals surface area (Å²) in [4.78, 5) is 15.6. The molecule has 0 radical (unpaired) electrons. The van der Waals surface area contributed by atoms with E-state index in [0.717, 1.165) is 12.1 Å². The zero-order valence-electron chi connectivity index (χ0n) is 16.2. The van der Waals surface area contributed by atoms with Crippen molar-refractivity contribution in [1.29, 1.82) is 0 Å². The van der Waals surface area contributed by atoms with E-state index in [1.54, 1.807) is 27.8 Å². The van der Waals surface area contributed by atoms with Gasteiger partial charge in [0, 0.05) is 26.2 Å². The maximum atomic E-state index is 13.1. The van der Waals surface area contributed by atoms with E-state index >= 15 is 0 Å². The van der Waals surface area contributed by atoms with E-state index in [2.05, 4.69) is 20.9 Å². The number of hydrogen-bond acceptors (Lipinski definition) is 4. The number of amides is 1. The molecule has 0 fully saturated rings. The van der Waals surface area contributed by atoms with Crippen LogP contribution in [0.2, 0.25) is 0 Å². The molecule has 0 unspecified atom stereocenters. The molecule has 0 atom stereocenters. The van der Waals surface area contributed by atoms with Crippen molar-refractivity contribution in [3.8, 4) is 5.75 Å². The Hall–Kier alpha value is -2.58. The van der Waals surface area contributed by atoms with E-state index in [4.69, 9.17) is 9.47 Å². The number of nitrogens with zero attached hydrogens (tertiary/aromatic N) is 1. The predicted molar refractivity (Wildman–Crippen MR) is 100 cm³/mol. The van der Waals surface area contributed by atoms with Gasteiger partial charge in [0.25, 0.3) is 0 Å². The molecule has 0 spiro atoms. The second kappa shape index (κ2) is 11.2. The number of halogens is 2. The third-order valence-electron chi connectivity index (χ3n) is 3.09. The second-order valence-corrected chi connectivity index (χ2v) is 6.63. The van der Waals surface area contributed by atoms with Crippen LogP contribution < -0.4 is 20.7 Å². The summed E-state index contributed by atoms with van der Waals surface area (Å²) in [5.41, 5.74) is -0.518. The number of guanidine groups is 1. The monoisotopic (exact) mass is 386 g/mol. The van der Waals surface area contributed by atoms with Crippen LogP contribution in [0.1, 0.15) is 27.2 Å². The fourth-order valence-electron chi connectivity index (χ4n) is 1.93. The maximum Gasteiger partial charge on any atom is 0.407 e. The van der Waals surface area contributed by atoms with Gasteiger partial charge < -0.3 is 25.4 Å². The van der Waals surface area contributed by atoms with Crippen LogP contribution in [0.15, 0.2) is 23.2 Å². The average molecular weight is 386 g/mol. The van der Waals surface area contributed by atoms with Gasteiger partial charge >= 0.3 is 6.09 Å². The molecular weight excluding hydrogens is 358 g/mol. The molecule has 1 aromatic rings. The van der Waals surface area contributed by atoms with Crippen LogP contribution in [-0.4, -0.2) is 50.9 Å². The molecule has 0 aromatic heterocycles. The number of ether oxygens (including phenoxy) is 2. The topological polar surface area (TPSA) is 84.0 Å². The maximum absolute atomic E-state index is 13.1. The van der Waals surface area contributed by atoms with E-state index in [1.165, 1.54) is 6.07 Å². The van der Waals surface area contributed by atoms with Gasteiger partial charge in [0.1, 0.15) is 18.0 Å². The Balaban J connectivity index is 2.14. The van der Waals surface area contributed by atoms with E-state index in [0.29, 0.717) is 32.0 Å². The van der Waals surface area contributed by atoms with Gasteiger partial charge in [0.05, 0.1) is 6.54 Å². The standard InChI is InChI=1S/C18H28F2N4O3/c1-18(2,3)27-17(25)24-9-5-8-22-16(21-4)23-10-11-26-13-6-7-14(19)15(20)12-13/h6-7,12H,5,8-11H2,1-4H3,(H,24,25)(H2,21,22,23). The van der Waals surface area contributed by atoms with Crippen molar-refractivity contribution < 1.29 is 23.0 Å². The van der Waals surface area contributed by atoms with Crippen molar-refractivity contribution >= 4 is 12.1 Å². The van der Waals surface area contributed by atoms with E-state index in [1.807, 2.05) is 0 Å². The predicted octanol–water partition coefficient (Wildman–Crippen LogP) is 2.42. The summed E-state index contributed by atoms with van der Waals surface area (Å²) in [7, 11) is 1.63. The number of benzene rings is 1. The van der Waals surface area contributed by atoms with Gasteiger partial charge in [0.15, 0.2) is 17.6 Å². The number of rotatable bonds is 8. The normalized spacial score (nSPS) is 11.7. The molecule has 0 heterocycles. The lowest BCUT2D eigenvalue weighted by atomic mass is 10.2. The van der Waals surface area contributed by atoms with Crippen molar-refractivity contribution in [2.45, 2.75) is 32.8 Å². The molecule has 0 saturated heterocycles. The fraction of sp³-hybridized carbons (Fsp3) is 0.556. The molecule has 1 aromatic carbocycles. The third-order valence-corrected chi connectivity index (χ3v) is 3.09. The largest absolute Gasteiger partial charge is 0.492 e. The van der Waals surface area contributed by atoms with Crippen LogP contribution in [-0.2, 0) is 4.74 Å². The molecule has 0 bridgehead atoms.